The monoisotopic (exact) mass is 424 g/mol. The molecule has 0 unspecified atom stereocenters. The van der Waals surface area contributed by atoms with Crippen LogP contribution in [0.5, 0.6) is 0 Å². The predicted molar refractivity (Wildman–Crippen MR) is 115 cm³/mol. The molecule has 31 heavy (non-hydrogen) atoms. The van der Waals surface area contributed by atoms with E-state index in [9.17, 15) is 9.18 Å². The SMILES string of the molecule is N#CNC(=NCCF)N1CCC(CNC(=O)c2nccnc2N)(c2ccccc2)CC1. The number of guanidine groups is 1. The molecular weight excluding hydrogens is 399 g/mol. The number of nitrogens with one attached hydrogen (secondary N) is 2. The maximum absolute atomic E-state index is 12.7. The normalized spacial score (nSPS) is 15.7. The fourth-order valence-corrected chi connectivity index (χ4v) is 3.78. The number of amides is 1. The van der Waals surface area contributed by atoms with Gasteiger partial charge in [-0.1, -0.05) is 30.3 Å². The highest BCUT2D eigenvalue weighted by Crippen LogP contribution is 2.35. The summed E-state index contributed by atoms with van der Waals surface area (Å²) in [5, 5.41) is 14.5. The second kappa shape index (κ2) is 10.3. The molecule has 0 bridgehead atoms. The Kier molecular flexibility index (Phi) is 7.32. The van der Waals surface area contributed by atoms with Gasteiger partial charge in [0, 0.05) is 37.4 Å². The highest BCUT2D eigenvalue weighted by atomic mass is 19.1. The van der Waals surface area contributed by atoms with E-state index in [0.717, 1.165) is 5.56 Å². The van der Waals surface area contributed by atoms with E-state index in [1.54, 1.807) is 0 Å². The minimum atomic E-state index is -0.587. The Morgan fingerprint density at radius 2 is 1.97 bits per heavy atom. The van der Waals surface area contributed by atoms with E-state index in [1.165, 1.54) is 12.4 Å². The van der Waals surface area contributed by atoms with E-state index >= 15 is 0 Å². The summed E-state index contributed by atoms with van der Waals surface area (Å²) in [6, 6.07) is 9.98. The molecule has 0 saturated carbocycles. The number of aromatic nitrogens is 2. The largest absolute Gasteiger partial charge is 0.382 e. The third-order valence-corrected chi connectivity index (χ3v) is 5.45. The number of benzene rings is 1. The topological polar surface area (TPSA) is 132 Å². The van der Waals surface area contributed by atoms with Crippen molar-refractivity contribution in [3.63, 3.8) is 0 Å². The first-order valence-corrected chi connectivity index (χ1v) is 10.0. The molecule has 0 aliphatic carbocycles. The van der Waals surface area contributed by atoms with Crippen LogP contribution in [-0.2, 0) is 5.41 Å². The van der Waals surface area contributed by atoms with E-state index < -0.39 is 6.67 Å². The van der Waals surface area contributed by atoms with Gasteiger partial charge in [-0.15, -0.1) is 0 Å². The van der Waals surface area contributed by atoms with E-state index in [-0.39, 0.29) is 29.4 Å². The van der Waals surface area contributed by atoms with Crippen molar-refractivity contribution in [3.8, 4) is 6.19 Å². The number of rotatable bonds is 6. The van der Waals surface area contributed by atoms with Crippen molar-refractivity contribution in [2.45, 2.75) is 18.3 Å². The number of nitrogen functional groups attached to an aromatic ring is 1. The zero-order valence-electron chi connectivity index (χ0n) is 17.1. The van der Waals surface area contributed by atoms with Crippen LogP contribution in [0.15, 0.2) is 47.7 Å². The fourth-order valence-electron chi connectivity index (χ4n) is 3.78. The number of aliphatic imine (C=N–C) groups is 1. The fraction of sp³-hybridized carbons (Fsp3) is 0.381. The molecule has 9 nitrogen and oxygen atoms in total. The van der Waals surface area contributed by atoms with Gasteiger partial charge in [0.1, 0.15) is 6.67 Å². The molecule has 1 aliphatic rings. The summed E-state index contributed by atoms with van der Waals surface area (Å²) in [6.45, 7) is 0.994. The quantitative estimate of drug-likeness (QED) is 0.275. The maximum Gasteiger partial charge on any atom is 0.273 e. The molecule has 1 aromatic carbocycles. The van der Waals surface area contributed by atoms with E-state index in [4.69, 9.17) is 11.0 Å². The molecule has 162 valence electrons. The van der Waals surface area contributed by atoms with Crippen LogP contribution in [0.4, 0.5) is 10.2 Å². The number of nitrogens with zero attached hydrogens (tertiary/aromatic N) is 5. The molecule has 3 rings (SSSR count). The number of hydrogen-bond donors (Lipinski definition) is 3. The van der Waals surface area contributed by atoms with Gasteiger partial charge in [0.2, 0.25) is 5.96 Å². The Bertz CT molecular complexity index is 951. The highest BCUT2D eigenvalue weighted by Gasteiger charge is 2.37. The second-order valence-electron chi connectivity index (χ2n) is 7.24. The van der Waals surface area contributed by atoms with Gasteiger partial charge in [0.25, 0.3) is 5.91 Å². The van der Waals surface area contributed by atoms with Crippen molar-refractivity contribution < 1.29 is 9.18 Å². The van der Waals surface area contributed by atoms with Crippen LogP contribution in [0.3, 0.4) is 0 Å². The summed E-state index contributed by atoms with van der Waals surface area (Å²) in [7, 11) is 0. The predicted octanol–water partition coefficient (Wildman–Crippen LogP) is 1.22. The number of carbonyl (C=O) groups is 1. The third kappa shape index (κ3) is 5.25. The molecule has 1 fully saturated rings. The molecule has 1 amide bonds. The minimum Gasteiger partial charge on any atom is -0.382 e. The molecule has 0 spiro atoms. The van der Waals surface area contributed by atoms with Gasteiger partial charge in [-0.3, -0.25) is 10.1 Å². The second-order valence-corrected chi connectivity index (χ2v) is 7.24. The zero-order valence-corrected chi connectivity index (χ0v) is 17.1. The van der Waals surface area contributed by atoms with E-state index in [2.05, 4.69) is 25.6 Å². The van der Waals surface area contributed by atoms with Gasteiger partial charge in [0.15, 0.2) is 17.7 Å². The van der Waals surface area contributed by atoms with Crippen molar-refractivity contribution in [3.05, 3.63) is 54.0 Å². The summed E-state index contributed by atoms with van der Waals surface area (Å²) in [5.41, 5.74) is 6.67. The molecule has 1 aliphatic heterocycles. The van der Waals surface area contributed by atoms with Gasteiger partial charge in [-0.2, -0.15) is 5.26 Å². The Morgan fingerprint density at radius 1 is 1.26 bits per heavy atom. The molecule has 0 radical (unpaired) electrons. The molecule has 2 heterocycles. The number of nitriles is 1. The highest BCUT2D eigenvalue weighted by molar-refractivity contribution is 5.96. The molecule has 0 atom stereocenters. The number of nitrogens with two attached hydrogens (primary N) is 1. The number of alkyl halides is 1. The Balaban J connectivity index is 1.77. The molecule has 1 aromatic heterocycles. The third-order valence-electron chi connectivity index (χ3n) is 5.45. The van der Waals surface area contributed by atoms with Gasteiger partial charge < -0.3 is 16.0 Å². The van der Waals surface area contributed by atoms with Gasteiger partial charge >= 0.3 is 0 Å². The maximum atomic E-state index is 12.7. The Morgan fingerprint density at radius 3 is 2.61 bits per heavy atom. The number of piperidine rings is 1. The Hall–Kier alpha value is -3.74. The summed E-state index contributed by atoms with van der Waals surface area (Å²) in [6.07, 6.45) is 6.13. The lowest BCUT2D eigenvalue weighted by molar-refractivity contribution is 0.0927. The van der Waals surface area contributed by atoms with Gasteiger partial charge in [0.05, 0.1) is 6.54 Å². The van der Waals surface area contributed by atoms with E-state index in [1.807, 2.05) is 41.4 Å². The van der Waals surface area contributed by atoms with Crippen molar-refractivity contribution >= 4 is 17.7 Å². The van der Waals surface area contributed by atoms with Crippen molar-refractivity contribution in [1.82, 2.24) is 25.5 Å². The van der Waals surface area contributed by atoms with E-state index in [0.29, 0.717) is 38.4 Å². The summed E-state index contributed by atoms with van der Waals surface area (Å²) >= 11 is 0. The number of likely N-dealkylation sites (tertiary alicyclic amines) is 1. The number of hydrogen-bond acceptors (Lipinski definition) is 6. The van der Waals surface area contributed by atoms with Crippen LogP contribution >= 0.6 is 0 Å². The average molecular weight is 424 g/mol. The molecule has 10 heteroatoms. The van der Waals surface area contributed by atoms with Crippen LogP contribution < -0.4 is 16.4 Å². The van der Waals surface area contributed by atoms with Crippen LogP contribution in [0.2, 0.25) is 0 Å². The lowest BCUT2D eigenvalue weighted by atomic mass is 9.72. The average Bonchev–Trinajstić information content (AvgIpc) is 2.81. The first kappa shape index (κ1) is 22.0. The molecular formula is C21H25FN8O. The number of halogens is 1. The lowest BCUT2D eigenvalue weighted by Gasteiger charge is -2.43. The number of anilines is 1. The van der Waals surface area contributed by atoms with Crippen LogP contribution in [0.1, 0.15) is 28.9 Å². The zero-order chi connectivity index (χ0) is 22.1. The van der Waals surface area contributed by atoms with Crippen LogP contribution in [0.25, 0.3) is 0 Å². The first-order chi connectivity index (χ1) is 15.1. The Labute approximate surface area is 180 Å². The van der Waals surface area contributed by atoms with Crippen LogP contribution in [-0.4, -0.2) is 59.6 Å². The summed E-state index contributed by atoms with van der Waals surface area (Å²) < 4.78 is 12.6. The number of carbonyl (C=O) groups excluding carboxylic acids is 1. The van der Waals surface area contributed by atoms with Crippen molar-refractivity contribution in [2.75, 3.05) is 38.6 Å². The smallest absolute Gasteiger partial charge is 0.273 e. The minimum absolute atomic E-state index is 0.0000674. The standard InChI is InChI=1S/C21H25FN8O/c22-8-9-27-20(29-15-23)30-12-6-21(7-13-30,16-4-2-1-3-5-16)14-28-19(31)17-18(24)26-11-10-25-17/h1-5,10-11H,6-9,12-14H2,(H2,24,26)(H,27,29)(H,28,31). The summed E-state index contributed by atoms with van der Waals surface area (Å²) in [5.74, 6) is 0.0812. The molecule has 4 N–H and O–H groups in total. The summed E-state index contributed by atoms with van der Waals surface area (Å²) in [4.78, 5) is 26.7. The lowest BCUT2D eigenvalue weighted by Crippen LogP contribution is -2.52. The first-order valence-electron chi connectivity index (χ1n) is 10.0. The molecule has 1 saturated heterocycles. The van der Waals surface area contributed by atoms with Crippen molar-refractivity contribution in [2.24, 2.45) is 4.99 Å². The van der Waals surface area contributed by atoms with Crippen LogP contribution in [0, 0.1) is 11.5 Å². The molecule has 2 aromatic rings. The van der Waals surface area contributed by atoms with Gasteiger partial charge in [-0.25, -0.2) is 19.4 Å². The van der Waals surface area contributed by atoms with Gasteiger partial charge in [-0.05, 0) is 18.4 Å². The van der Waals surface area contributed by atoms with Crippen molar-refractivity contribution in [1.29, 1.82) is 5.26 Å².